The Kier molecular flexibility index (Phi) is 6.23. The largest absolute Gasteiger partial charge is 0.377 e. The zero-order valence-corrected chi connectivity index (χ0v) is 19.1. The summed E-state index contributed by atoms with van der Waals surface area (Å²) in [5.74, 6) is 0.436. The van der Waals surface area contributed by atoms with Crippen LogP contribution in [0, 0.1) is 0 Å². The van der Waals surface area contributed by atoms with Crippen LogP contribution in [0.5, 0.6) is 0 Å². The van der Waals surface area contributed by atoms with Gasteiger partial charge in [-0.3, -0.25) is 0 Å². The normalized spacial score (nSPS) is 24.7. The van der Waals surface area contributed by atoms with Crippen LogP contribution >= 0.6 is 17.2 Å². The first-order valence-corrected chi connectivity index (χ1v) is 11.1. The number of hydrogen-bond donors (Lipinski definition) is 0. The Hall–Kier alpha value is -0.640. The molecule has 1 aromatic carbocycles. The van der Waals surface area contributed by atoms with E-state index in [2.05, 4.69) is 109 Å². The van der Waals surface area contributed by atoms with Crippen LogP contribution in [0.1, 0.15) is 53.0 Å². The number of para-hydroxylation sites is 1. The maximum Gasteiger partial charge on any atom is 0.0400 e. The first-order chi connectivity index (χ1) is 11.4. The van der Waals surface area contributed by atoms with Gasteiger partial charge >= 0.3 is 0 Å². The average molecular weight is 375 g/mol. The van der Waals surface area contributed by atoms with Gasteiger partial charge in [-0.1, -0.05) is 84.0 Å². The van der Waals surface area contributed by atoms with E-state index in [1.54, 1.807) is 0 Å². The van der Waals surface area contributed by atoms with Gasteiger partial charge in [-0.05, 0) is 21.9 Å². The molecule has 0 heterocycles. The molecule has 1 aromatic rings. The maximum absolute atomic E-state index is 2.53. The molecule has 1 aliphatic rings. The van der Waals surface area contributed by atoms with Gasteiger partial charge in [0, 0.05) is 30.6 Å². The van der Waals surface area contributed by atoms with Crippen LogP contribution < -0.4 is 4.90 Å². The number of rotatable bonds is 4. The van der Waals surface area contributed by atoms with Crippen molar-refractivity contribution in [2.24, 2.45) is 0 Å². The molecule has 0 radical (unpaired) electrons. The standard InChI is InChI=1S/C22H35NP2/c1-20(2,3)24-22(25-21(4,5)6)16-12-11-14-18(22)17-13-9-10-15-19(17)23(7)8/h9-16,18,24-25H,1-8H3. The Labute approximate surface area is 158 Å². The monoisotopic (exact) mass is 375 g/mol. The van der Waals surface area contributed by atoms with E-state index in [0.29, 0.717) is 16.2 Å². The van der Waals surface area contributed by atoms with Gasteiger partial charge in [-0.2, -0.15) is 0 Å². The third-order valence-electron chi connectivity index (χ3n) is 4.18. The van der Waals surface area contributed by atoms with Crippen LogP contribution in [0.15, 0.2) is 48.6 Å². The Bertz CT molecular complexity index is 629. The van der Waals surface area contributed by atoms with Crippen molar-refractivity contribution in [3.8, 4) is 0 Å². The molecular weight excluding hydrogens is 340 g/mol. The molecule has 3 heteroatoms. The maximum atomic E-state index is 2.53. The van der Waals surface area contributed by atoms with Gasteiger partial charge in [0.2, 0.25) is 0 Å². The van der Waals surface area contributed by atoms with Gasteiger partial charge in [-0.25, -0.2) is 0 Å². The van der Waals surface area contributed by atoms with E-state index in [1.165, 1.54) is 11.3 Å². The topological polar surface area (TPSA) is 3.24 Å². The second-order valence-electron chi connectivity index (χ2n) is 9.29. The van der Waals surface area contributed by atoms with Crippen molar-refractivity contribution >= 4 is 22.8 Å². The van der Waals surface area contributed by atoms with E-state index < -0.39 is 0 Å². The predicted octanol–water partition coefficient (Wildman–Crippen LogP) is 6.61. The third kappa shape index (κ3) is 5.42. The van der Waals surface area contributed by atoms with Crippen molar-refractivity contribution in [1.82, 2.24) is 0 Å². The number of anilines is 1. The summed E-state index contributed by atoms with van der Waals surface area (Å²) < 4.78 is 0. The SMILES string of the molecule is CN(C)c1ccccc1C1C=CC=CC1(PC(C)(C)C)PC(C)(C)C. The van der Waals surface area contributed by atoms with Crippen molar-refractivity contribution in [3.63, 3.8) is 0 Å². The van der Waals surface area contributed by atoms with Gasteiger partial charge in [0.15, 0.2) is 0 Å². The van der Waals surface area contributed by atoms with Crippen molar-refractivity contribution in [2.45, 2.75) is 62.7 Å². The minimum absolute atomic E-state index is 0.206. The number of nitrogens with zero attached hydrogens (tertiary/aromatic N) is 1. The molecule has 138 valence electrons. The van der Waals surface area contributed by atoms with Crippen molar-refractivity contribution < 1.29 is 0 Å². The lowest BCUT2D eigenvalue weighted by Gasteiger charge is -2.47. The summed E-state index contributed by atoms with van der Waals surface area (Å²) in [5.41, 5.74) is 2.80. The zero-order valence-electron chi connectivity index (χ0n) is 17.1. The first kappa shape index (κ1) is 20.7. The Balaban J connectivity index is 2.60. The molecule has 3 atom stereocenters. The van der Waals surface area contributed by atoms with Crippen LogP contribution in [-0.4, -0.2) is 29.3 Å². The number of hydrogen-bond acceptors (Lipinski definition) is 1. The molecule has 0 fully saturated rings. The van der Waals surface area contributed by atoms with Gasteiger partial charge in [0.1, 0.15) is 0 Å². The highest BCUT2D eigenvalue weighted by molar-refractivity contribution is 7.61. The predicted molar refractivity (Wildman–Crippen MR) is 121 cm³/mol. The van der Waals surface area contributed by atoms with Crippen molar-refractivity contribution in [3.05, 3.63) is 54.1 Å². The minimum atomic E-state index is 0.206. The molecule has 0 saturated carbocycles. The quantitative estimate of drug-likeness (QED) is 0.535. The van der Waals surface area contributed by atoms with Crippen molar-refractivity contribution in [2.75, 3.05) is 19.0 Å². The van der Waals surface area contributed by atoms with Crippen LogP contribution in [0.3, 0.4) is 0 Å². The second kappa shape index (κ2) is 7.54. The Morgan fingerprint density at radius 2 is 1.44 bits per heavy atom. The van der Waals surface area contributed by atoms with Crippen LogP contribution in [-0.2, 0) is 0 Å². The molecule has 25 heavy (non-hydrogen) atoms. The van der Waals surface area contributed by atoms with Crippen LogP contribution in [0.2, 0.25) is 0 Å². The van der Waals surface area contributed by atoms with E-state index in [0.717, 1.165) is 17.2 Å². The molecule has 0 saturated heterocycles. The number of benzene rings is 1. The fourth-order valence-electron chi connectivity index (χ4n) is 3.66. The smallest absolute Gasteiger partial charge is 0.0400 e. The molecule has 2 rings (SSSR count). The average Bonchev–Trinajstić information content (AvgIpc) is 2.43. The van der Waals surface area contributed by atoms with E-state index in [4.69, 9.17) is 0 Å². The molecule has 3 unspecified atom stereocenters. The van der Waals surface area contributed by atoms with Crippen molar-refractivity contribution in [1.29, 1.82) is 0 Å². The van der Waals surface area contributed by atoms with Gasteiger partial charge in [0.25, 0.3) is 0 Å². The lowest BCUT2D eigenvalue weighted by molar-refractivity contribution is 0.720. The second-order valence-corrected chi connectivity index (χ2v) is 14.9. The molecule has 0 aromatic heterocycles. The fraction of sp³-hybridized carbons (Fsp3) is 0.545. The van der Waals surface area contributed by atoms with Crippen LogP contribution in [0.4, 0.5) is 5.69 Å². The molecular formula is C22H35NP2. The van der Waals surface area contributed by atoms with Gasteiger partial charge < -0.3 is 4.90 Å². The molecule has 1 aliphatic carbocycles. The summed E-state index contributed by atoms with van der Waals surface area (Å²) in [6.45, 7) is 14.3. The summed E-state index contributed by atoms with van der Waals surface area (Å²) in [6.07, 6.45) is 9.50. The van der Waals surface area contributed by atoms with Gasteiger partial charge in [-0.15, -0.1) is 17.2 Å². The fourth-order valence-corrected chi connectivity index (χ4v) is 9.81. The third-order valence-corrected chi connectivity index (χ3v) is 8.21. The molecule has 1 nitrogen and oxygen atoms in total. The highest BCUT2D eigenvalue weighted by atomic mass is 31.1. The molecule has 0 spiro atoms. The molecule has 0 aliphatic heterocycles. The summed E-state index contributed by atoms with van der Waals surface area (Å²) >= 11 is 0. The summed E-state index contributed by atoms with van der Waals surface area (Å²) in [5, 5.41) is 0.637. The van der Waals surface area contributed by atoms with E-state index in [-0.39, 0.29) is 4.90 Å². The first-order valence-electron chi connectivity index (χ1n) is 9.14. The summed E-state index contributed by atoms with van der Waals surface area (Å²) in [6, 6.07) is 8.94. The lowest BCUT2D eigenvalue weighted by Crippen LogP contribution is -2.33. The van der Waals surface area contributed by atoms with Gasteiger partial charge in [0.05, 0.1) is 0 Å². The summed E-state index contributed by atoms with van der Waals surface area (Å²) in [4.78, 5) is 2.46. The lowest BCUT2D eigenvalue weighted by atomic mass is 9.90. The van der Waals surface area contributed by atoms with E-state index >= 15 is 0 Å². The number of allylic oxidation sites excluding steroid dienone is 4. The molecule has 0 amide bonds. The summed E-state index contributed by atoms with van der Waals surface area (Å²) in [7, 11) is 6.08. The van der Waals surface area contributed by atoms with E-state index in [1.807, 2.05) is 0 Å². The van der Waals surface area contributed by atoms with E-state index in [9.17, 15) is 0 Å². The highest BCUT2D eigenvalue weighted by Gasteiger charge is 2.43. The Morgan fingerprint density at radius 3 is 1.96 bits per heavy atom. The highest BCUT2D eigenvalue weighted by Crippen LogP contribution is 2.65. The zero-order chi connectivity index (χ0) is 18.9. The van der Waals surface area contributed by atoms with Crippen LogP contribution in [0.25, 0.3) is 0 Å². The Morgan fingerprint density at radius 1 is 0.880 bits per heavy atom. The minimum Gasteiger partial charge on any atom is -0.377 e. The molecule has 0 bridgehead atoms. The molecule has 0 N–H and O–H groups in total.